The van der Waals surface area contributed by atoms with Crippen molar-refractivity contribution < 1.29 is 22.3 Å². The van der Waals surface area contributed by atoms with Crippen LogP contribution in [0.25, 0.3) is 10.9 Å². The fourth-order valence-electron chi connectivity index (χ4n) is 2.29. The molecular formula is C17H15FN2O4S. The second-order valence-corrected chi connectivity index (χ2v) is 7.13. The quantitative estimate of drug-likeness (QED) is 0.683. The molecule has 0 aliphatic rings. The molecule has 1 heterocycles. The number of benzene rings is 2. The number of nitrogens with one attached hydrogen (secondary N) is 2. The predicted octanol–water partition coefficient (Wildman–Crippen LogP) is 2.58. The lowest BCUT2D eigenvalue weighted by Crippen LogP contribution is -2.40. The molecule has 3 rings (SSSR count). The van der Waals surface area contributed by atoms with Gasteiger partial charge < -0.3 is 9.72 Å². The predicted molar refractivity (Wildman–Crippen MR) is 90.1 cm³/mol. The van der Waals surface area contributed by atoms with Gasteiger partial charge in [0.15, 0.2) is 5.75 Å². The van der Waals surface area contributed by atoms with Gasteiger partial charge in [0.1, 0.15) is 11.9 Å². The number of sulfonamides is 1. The van der Waals surface area contributed by atoms with Crippen molar-refractivity contribution in [3.8, 4) is 5.75 Å². The standard InChI is InChI=1S/C17H15FN2O4S/c1-11(20-25(22,23)13-8-6-12(18)7-9-13)17(21)24-16-10-19-15-5-3-2-4-14(15)16/h2-11,19-20H,1H3/t11-/m0/s1. The molecule has 0 spiro atoms. The fourth-order valence-corrected chi connectivity index (χ4v) is 3.48. The molecule has 8 heteroatoms. The van der Waals surface area contributed by atoms with Crippen molar-refractivity contribution in [1.82, 2.24) is 9.71 Å². The number of esters is 1. The Morgan fingerprint density at radius 2 is 1.84 bits per heavy atom. The summed E-state index contributed by atoms with van der Waals surface area (Å²) in [5.74, 6) is -0.991. The first-order chi connectivity index (χ1) is 11.9. The monoisotopic (exact) mass is 362 g/mol. The summed E-state index contributed by atoms with van der Waals surface area (Å²) in [7, 11) is -3.97. The van der Waals surface area contributed by atoms with Crippen molar-refractivity contribution in [3.05, 3.63) is 60.5 Å². The third kappa shape index (κ3) is 3.70. The van der Waals surface area contributed by atoms with Crippen LogP contribution in [0.5, 0.6) is 5.75 Å². The highest BCUT2D eigenvalue weighted by molar-refractivity contribution is 7.89. The topological polar surface area (TPSA) is 88.3 Å². The summed E-state index contributed by atoms with van der Waals surface area (Å²) < 4.78 is 44.9. The number of halogens is 1. The fraction of sp³-hybridized carbons (Fsp3) is 0.118. The van der Waals surface area contributed by atoms with Crippen LogP contribution in [0.4, 0.5) is 4.39 Å². The molecule has 2 aromatic carbocycles. The summed E-state index contributed by atoms with van der Waals surface area (Å²) in [5.41, 5.74) is 0.796. The molecule has 0 aliphatic carbocycles. The van der Waals surface area contributed by atoms with Gasteiger partial charge in [-0.15, -0.1) is 0 Å². The van der Waals surface area contributed by atoms with Crippen molar-refractivity contribution in [2.45, 2.75) is 17.9 Å². The Morgan fingerprint density at radius 1 is 1.16 bits per heavy atom. The first-order valence-corrected chi connectivity index (χ1v) is 8.91. The van der Waals surface area contributed by atoms with E-state index in [1.165, 1.54) is 13.1 Å². The number of hydrogen-bond acceptors (Lipinski definition) is 4. The van der Waals surface area contributed by atoms with Gasteiger partial charge >= 0.3 is 5.97 Å². The molecular weight excluding hydrogens is 347 g/mol. The van der Waals surface area contributed by atoms with E-state index < -0.39 is 27.9 Å². The molecule has 0 saturated carbocycles. The number of aromatic amines is 1. The SMILES string of the molecule is C[C@H](NS(=O)(=O)c1ccc(F)cc1)C(=O)Oc1c[nH]c2ccccc12. The molecule has 1 atom stereocenters. The molecule has 3 aromatic rings. The molecule has 25 heavy (non-hydrogen) atoms. The van der Waals surface area contributed by atoms with Crippen molar-refractivity contribution in [2.75, 3.05) is 0 Å². The Balaban J connectivity index is 1.73. The molecule has 0 saturated heterocycles. The number of aromatic nitrogens is 1. The van der Waals surface area contributed by atoms with Gasteiger partial charge in [0.25, 0.3) is 0 Å². The van der Waals surface area contributed by atoms with E-state index in [2.05, 4.69) is 9.71 Å². The minimum absolute atomic E-state index is 0.138. The van der Waals surface area contributed by atoms with Crippen molar-refractivity contribution in [1.29, 1.82) is 0 Å². The number of rotatable bonds is 5. The van der Waals surface area contributed by atoms with Gasteiger partial charge in [0.05, 0.1) is 4.90 Å². The van der Waals surface area contributed by atoms with E-state index in [4.69, 9.17) is 4.74 Å². The van der Waals surface area contributed by atoms with Crippen molar-refractivity contribution in [2.24, 2.45) is 0 Å². The number of ether oxygens (including phenoxy) is 1. The number of H-pyrrole nitrogens is 1. The minimum atomic E-state index is -3.97. The summed E-state index contributed by atoms with van der Waals surface area (Å²) >= 11 is 0. The van der Waals surface area contributed by atoms with Crippen LogP contribution >= 0.6 is 0 Å². The molecule has 0 radical (unpaired) electrons. The van der Waals surface area contributed by atoms with Crippen LogP contribution < -0.4 is 9.46 Å². The average Bonchev–Trinajstić information content (AvgIpc) is 2.98. The lowest BCUT2D eigenvalue weighted by Gasteiger charge is -2.13. The Bertz CT molecular complexity index is 1010. The summed E-state index contributed by atoms with van der Waals surface area (Å²) in [6.07, 6.45) is 1.53. The lowest BCUT2D eigenvalue weighted by atomic mass is 10.2. The second-order valence-electron chi connectivity index (χ2n) is 5.42. The normalized spacial score (nSPS) is 12.9. The van der Waals surface area contributed by atoms with Crippen molar-refractivity contribution >= 4 is 26.9 Å². The van der Waals surface area contributed by atoms with Crippen LogP contribution in [-0.2, 0) is 14.8 Å². The molecule has 0 bridgehead atoms. The van der Waals surface area contributed by atoms with Gasteiger partial charge in [0, 0.05) is 17.1 Å². The van der Waals surface area contributed by atoms with E-state index in [1.54, 1.807) is 12.1 Å². The molecule has 0 unspecified atom stereocenters. The summed E-state index contributed by atoms with van der Waals surface area (Å²) in [4.78, 5) is 15.0. The van der Waals surface area contributed by atoms with E-state index in [0.29, 0.717) is 11.1 Å². The molecule has 0 amide bonds. The van der Waals surface area contributed by atoms with Gasteiger partial charge in [-0.2, -0.15) is 4.72 Å². The second kappa shape index (κ2) is 6.66. The Kier molecular flexibility index (Phi) is 4.56. The minimum Gasteiger partial charge on any atom is -0.423 e. The smallest absolute Gasteiger partial charge is 0.329 e. The zero-order valence-electron chi connectivity index (χ0n) is 13.2. The number of carbonyl (C=O) groups excluding carboxylic acids is 1. The molecule has 0 aliphatic heterocycles. The van der Waals surface area contributed by atoms with Crippen LogP contribution in [0.1, 0.15) is 6.92 Å². The summed E-state index contributed by atoms with van der Waals surface area (Å²) in [6, 6.07) is 10.4. The molecule has 2 N–H and O–H groups in total. The van der Waals surface area contributed by atoms with Gasteiger partial charge in [-0.25, -0.2) is 17.6 Å². The summed E-state index contributed by atoms with van der Waals surface area (Å²) in [5, 5.41) is 0.712. The van der Waals surface area contributed by atoms with E-state index in [0.717, 1.165) is 29.8 Å². The zero-order chi connectivity index (χ0) is 18.0. The first-order valence-electron chi connectivity index (χ1n) is 7.42. The Hall–Kier alpha value is -2.71. The van der Waals surface area contributed by atoms with Crippen LogP contribution in [0.2, 0.25) is 0 Å². The number of para-hydroxylation sites is 1. The first kappa shape index (κ1) is 17.1. The highest BCUT2D eigenvalue weighted by Crippen LogP contribution is 2.25. The average molecular weight is 362 g/mol. The molecule has 1 aromatic heterocycles. The van der Waals surface area contributed by atoms with Crippen LogP contribution in [0.15, 0.2) is 59.6 Å². The maximum absolute atomic E-state index is 12.9. The largest absolute Gasteiger partial charge is 0.423 e. The summed E-state index contributed by atoms with van der Waals surface area (Å²) in [6.45, 7) is 1.37. The molecule has 130 valence electrons. The zero-order valence-corrected chi connectivity index (χ0v) is 14.0. The van der Waals surface area contributed by atoms with Gasteiger partial charge in [-0.05, 0) is 43.3 Å². The lowest BCUT2D eigenvalue weighted by molar-refractivity contribution is -0.135. The third-order valence-corrected chi connectivity index (χ3v) is 5.13. The van der Waals surface area contributed by atoms with Crippen molar-refractivity contribution in [3.63, 3.8) is 0 Å². The van der Waals surface area contributed by atoms with Gasteiger partial charge in [0.2, 0.25) is 10.0 Å². The Labute approximate surface area is 143 Å². The van der Waals surface area contributed by atoms with Gasteiger partial charge in [-0.1, -0.05) is 12.1 Å². The maximum Gasteiger partial charge on any atom is 0.329 e. The highest BCUT2D eigenvalue weighted by atomic mass is 32.2. The van der Waals surface area contributed by atoms with Gasteiger partial charge in [-0.3, -0.25) is 0 Å². The highest BCUT2D eigenvalue weighted by Gasteiger charge is 2.24. The van der Waals surface area contributed by atoms with Crippen LogP contribution in [0.3, 0.4) is 0 Å². The Morgan fingerprint density at radius 3 is 2.56 bits per heavy atom. The third-order valence-electron chi connectivity index (χ3n) is 3.57. The van der Waals surface area contributed by atoms with E-state index >= 15 is 0 Å². The molecule has 0 fully saturated rings. The van der Waals surface area contributed by atoms with E-state index in [1.807, 2.05) is 12.1 Å². The van der Waals surface area contributed by atoms with Crippen LogP contribution in [-0.4, -0.2) is 25.4 Å². The van der Waals surface area contributed by atoms with Crippen LogP contribution in [0, 0.1) is 5.82 Å². The maximum atomic E-state index is 12.9. The number of fused-ring (bicyclic) bond motifs is 1. The van der Waals surface area contributed by atoms with E-state index in [9.17, 15) is 17.6 Å². The van der Waals surface area contributed by atoms with E-state index in [-0.39, 0.29) is 4.90 Å². The number of hydrogen-bond donors (Lipinski definition) is 2. The molecule has 6 nitrogen and oxygen atoms in total. The number of carbonyl (C=O) groups is 1.